The van der Waals surface area contributed by atoms with Gasteiger partial charge in [0.2, 0.25) is 5.95 Å². The standard InChI is InChI=1S/C21H21N5O/c1-14-3-5-15(6-4-14)24-21-25-19-12-17(7-8-20(19)26(21)2)27-18-9-10-23-16(11-18)13-22/h3-12H,13,22H2,1-2H3,(H,24,25). The number of hydrogen-bond acceptors (Lipinski definition) is 5. The van der Waals surface area contributed by atoms with Gasteiger partial charge in [0.1, 0.15) is 11.5 Å². The van der Waals surface area contributed by atoms with Crippen molar-refractivity contribution in [1.82, 2.24) is 14.5 Å². The number of ether oxygens (including phenoxy) is 1. The summed E-state index contributed by atoms with van der Waals surface area (Å²) in [4.78, 5) is 8.89. The molecule has 0 atom stereocenters. The highest BCUT2D eigenvalue weighted by atomic mass is 16.5. The van der Waals surface area contributed by atoms with Crippen LogP contribution in [-0.2, 0) is 13.6 Å². The third kappa shape index (κ3) is 3.61. The molecule has 27 heavy (non-hydrogen) atoms. The fourth-order valence-corrected chi connectivity index (χ4v) is 2.89. The molecule has 0 aliphatic carbocycles. The van der Waals surface area contributed by atoms with Crippen LogP contribution in [0.1, 0.15) is 11.3 Å². The summed E-state index contributed by atoms with van der Waals surface area (Å²) in [6.07, 6.45) is 1.69. The van der Waals surface area contributed by atoms with E-state index in [0.29, 0.717) is 12.3 Å². The number of hydrogen-bond donors (Lipinski definition) is 2. The van der Waals surface area contributed by atoms with Crippen LogP contribution in [0.3, 0.4) is 0 Å². The highest BCUT2D eigenvalue weighted by Crippen LogP contribution is 2.28. The van der Waals surface area contributed by atoms with Crippen LogP contribution in [0.25, 0.3) is 11.0 Å². The summed E-state index contributed by atoms with van der Waals surface area (Å²) in [6, 6.07) is 17.7. The smallest absolute Gasteiger partial charge is 0.208 e. The Morgan fingerprint density at radius 2 is 1.81 bits per heavy atom. The predicted octanol–water partition coefficient (Wildman–Crippen LogP) is 4.27. The zero-order valence-corrected chi connectivity index (χ0v) is 15.3. The zero-order valence-electron chi connectivity index (χ0n) is 15.3. The molecule has 136 valence electrons. The van der Waals surface area contributed by atoms with E-state index in [1.807, 2.05) is 54.1 Å². The summed E-state index contributed by atoms with van der Waals surface area (Å²) in [5.74, 6) is 2.20. The van der Waals surface area contributed by atoms with Crippen LogP contribution in [0.15, 0.2) is 60.8 Å². The highest BCUT2D eigenvalue weighted by molar-refractivity contribution is 5.81. The van der Waals surface area contributed by atoms with E-state index in [0.717, 1.165) is 34.1 Å². The molecule has 0 bridgehead atoms. The molecule has 0 aliphatic rings. The SMILES string of the molecule is Cc1ccc(Nc2nc3cc(Oc4ccnc(CN)c4)ccc3n2C)cc1. The van der Waals surface area contributed by atoms with Gasteiger partial charge in [0.25, 0.3) is 0 Å². The van der Waals surface area contributed by atoms with Crippen molar-refractivity contribution in [1.29, 1.82) is 0 Å². The molecule has 2 aromatic heterocycles. The minimum absolute atomic E-state index is 0.379. The van der Waals surface area contributed by atoms with Gasteiger partial charge in [-0.3, -0.25) is 4.98 Å². The van der Waals surface area contributed by atoms with E-state index in [4.69, 9.17) is 15.5 Å². The second kappa shape index (κ2) is 7.09. The van der Waals surface area contributed by atoms with Crippen LogP contribution in [0.4, 0.5) is 11.6 Å². The molecular formula is C21H21N5O. The Labute approximate surface area is 157 Å². The number of aromatic nitrogens is 3. The highest BCUT2D eigenvalue weighted by Gasteiger charge is 2.10. The Hall–Kier alpha value is -3.38. The third-order valence-electron chi connectivity index (χ3n) is 4.39. The van der Waals surface area contributed by atoms with Gasteiger partial charge < -0.3 is 20.4 Å². The number of pyridine rings is 1. The molecule has 4 aromatic rings. The van der Waals surface area contributed by atoms with Crippen molar-refractivity contribution < 1.29 is 4.74 Å². The van der Waals surface area contributed by atoms with Gasteiger partial charge >= 0.3 is 0 Å². The number of benzene rings is 2. The topological polar surface area (TPSA) is 78.0 Å². The van der Waals surface area contributed by atoms with Crippen molar-refractivity contribution in [3.63, 3.8) is 0 Å². The number of fused-ring (bicyclic) bond motifs is 1. The first-order valence-electron chi connectivity index (χ1n) is 8.75. The summed E-state index contributed by atoms with van der Waals surface area (Å²) < 4.78 is 7.97. The Morgan fingerprint density at radius 1 is 1.04 bits per heavy atom. The van der Waals surface area contributed by atoms with Gasteiger partial charge in [-0.2, -0.15) is 0 Å². The largest absolute Gasteiger partial charge is 0.457 e. The molecule has 6 nitrogen and oxygen atoms in total. The number of rotatable bonds is 5. The monoisotopic (exact) mass is 359 g/mol. The lowest BCUT2D eigenvalue weighted by atomic mass is 10.2. The van der Waals surface area contributed by atoms with Gasteiger partial charge in [0.05, 0.1) is 16.7 Å². The van der Waals surface area contributed by atoms with E-state index in [-0.39, 0.29) is 0 Å². The molecule has 0 fully saturated rings. The molecule has 2 heterocycles. The van der Waals surface area contributed by atoms with E-state index in [9.17, 15) is 0 Å². The molecule has 6 heteroatoms. The number of nitrogens with zero attached hydrogens (tertiary/aromatic N) is 3. The van der Waals surface area contributed by atoms with Crippen molar-refractivity contribution in [2.24, 2.45) is 12.8 Å². The van der Waals surface area contributed by atoms with Crippen LogP contribution in [0.2, 0.25) is 0 Å². The van der Waals surface area contributed by atoms with E-state index < -0.39 is 0 Å². The number of nitrogens with two attached hydrogens (primary N) is 1. The molecule has 0 amide bonds. The van der Waals surface area contributed by atoms with E-state index in [2.05, 4.69) is 29.4 Å². The quantitative estimate of drug-likeness (QED) is 0.556. The molecule has 0 saturated heterocycles. The van der Waals surface area contributed by atoms with Crippen LogP contribution >= 0.6 is 0 Å². The first kappa shape index (κ1) is 17.1. The summed E-state index contributed by atoms with van der Waals surface area (Å²) in [6.45, 7) is 2.45. The molecule has 0 unspecified atom stereocenters. The van der Waals surface area contributed by atoms with Crippen LogP contribution in [0.5, 0.6) is 11.5 Å². The molecule has 0 radical (unpaired) electrons. The molecule has 0 saturated carbocycles. The molecule has 2 aromatic carbocycles. The average molecular weight is 359 g/mol. The Balaban J connectivity index is 1.61. The Kier molecular flexibility index (Phi) is 4.48. The molecule has 3 N–H and O–H groups in total. The van der Waals surface area contributed by atoms with Crippen molar-refractivity contribution in [3.8, 4) is 11.5 Å². The maximum absolute atomic E-state index is 5.94. The van der Waals surface area contributed by atoms with Crippen molar-refractivity contribution in [2.45, 2.75) is 13.5 Å². The van der Waals surface area contributed by atoms with Gasteiger partial charge in [0.15, 0.2) is 0 Å². The van der Waals surface area contributed by atoms with Gasteiger partial charge in [-0.15, -0.1) is 0 Å². The predicted molar refractivity (Wildman–Crippen MR) is 107 cm³/mol. The summed E-state index contributed by atoms with van der Waals surface area (Å²) in [5.41, 5.74) is 10.5. The minimum Gasteiger partial charge on any atom is -0.457 e. The second-order valence-electron chi connectivity index (χ2n) is 6.43. The average Bonchev–Trinajstić information content (AvgIpc) is 2.99. The van der Waals surface area contributed by atoms with Gasteiger partial charge in [-0.25, -0.2) is 4.98 Å². The van der Waals surface area contributed by atoms with Gasteiger partial charge in [0, 0.05) is 37.6 Å². The number of nitrogens with one attached hydrogen (secondary N) is 1. The number of aryl methyl sites for hydroxylation is 2. The first-order valence-corrected chi connectivity index (χ1v) is 8.75. The zero-order chi connectivity index (χ0) is 18.8. The molecule has 0 aliphatic heterocycles. The van der Waals surface area contributed by atoms with Gasteiger partial charge in [-0.1, -0.05) is 17.7 Å². The number of anilines is 2. The normalized spacial score (nSPS) is 10.9. The van der Waals surface area contributed by atoms with E-state index >= 15 is 0 Å². The van der Waals surface area contributed by atoms with E-state index in [1.165, 1.54) is 5.56 Å². The lowest BCUT2D eigenvalue weighted by molar-refractivity contribution is 0.481. The van der Waals surface area contributed by atoms with Crippen LogP contribution < -0.4 is 15.8 Å². The van der Waals surface area contributed by atoms with Crippen LogP contribution in [-0.4, -0.2) is 14.5 Å². The first-order chi connectivity index (χ1) is 13.1. The third-order valence-corrected chi connectivity index (χ3v) is 4.39. The van der Waals surface area contributed by atoms with Crippen molar-refractivity contribution >= 4 is 22.7 Å². The summed E-state index contributed by atoms with van der Waals surface area (Å²) >= 11 is 0. The summed E-state index contributed by atoms with van der Waals surface area (Å²) in [5, 5.41) is 3.36. The minimum atomic E-state index is 0.379. The summed E-state index contributed by atoms with van der Waals surface area (Å²) in [7, 11) is 1.99. The fourth-order valence-electron chi connectivity index (χ4n) is 2.89. The molecule has 4 rings (SSSR count). The van der Waals surface area contributed by atoms with Crippen molar-refractivity contribution in [3.05, 3.63) is 72.1 Å². The molecule has 0 spiro atoms. The molecular weight excluding hydrogens is 338 g/mol. The van der Waals surface area contributed by atoms with Gasteiger partial charge in [-0.05, 0) is 37.3 Å². The maximum atomic E-state index is 5.94. The van der Waals surface area contributed by atoms with E-state index in [1.54, 1.807) is 6.20 Å². The van der Waals surface area contributed by atoms with Crippen molar-refractivity contribution in [2.75, 3.05) is 5.32 Å². The lowest BCUT2D eigenvalue weighted by Gasteiger charge is -2.07. The maximum Gasteiger partial charge on any atom is 0.208 e. The second-order valence-corrected chi connectivity index (χ2v) is 6.43. The fraction of sp³-hybridized carbons (Fsp3) is 0.143. The van der Waals surface area contributed by atoms with Crippen LogP contribution in [0, 0.1) is 6.92 Å². The lowest BCUT2D eigenvalue weighted by Crippen LogP contribution is -1.99. The Morgan fingerprint density at radius 3 is 2.59 bits per heavy atom. The number of imidazole rings is 1. The Bertz CT molecular complexity index is 1090.